The highest BCUT2D eigenvalue weighted by Gasteiger charge is 2.23. The molecule has 25 heavy (non-hydrogen) atoms. The number of hydrogen-bond acceptors (Lipinski definition) is 4. The molecule has 1 heterocycles. The molecule has 1 amide bonds. The molecule has 0 radical (unpaired) electrons. The van der Waals surface area contributed by atoms with Crippen LogP contribution < -0.4 is 5.32 Å². The molecule has 0 saturated carbocycles. The smallest absolute Gasteiger partial charge is 0.305 e. The maximum Gasteiger partial charge on any atom is 0.305 e. The van der Waals surface area contributed by atoms with Gasteiger partial charge in [-0.15, -0.1) is 0 Å². The summed E-state index contributed by atoms with van der Waals surface area (Å²) in [5.74, 6) is -1.09. The zero-order valence-corrected chi connectivity index (χ0v) is 14.8. The normalized spacial score (nSPS) is 12.2. The van der Waals surface area contributed by atoms with E-state index < -0.39 is 17.9 Å². The Labute approximate surface area is 147 Å². The van der Waals surface area contributed by atoms with E-state index in [1.807, 2.05) is 31.2 Å². The van der Waals surface area contributed by atoms with Crippen LogP contribution in [0.15, 0.2) is 34.9 Å². The molecule has 6 heteroatoms. The summed E-state index contributed by atoms with van der Waals surface area (Å²) in [5, 5.41) is 15.9. The van der Waals surface area contributed by atoms with Gasteiger partial charge in [0, 0.05) is 12.0 Å². The second-order valence-corrected chi connectivity index (χ2v) is 6.11. The minimum Gasteiger partial charge on any atom is -0.481 e. The quantitative estimate of drug-likeness (QED) is 0.759. The van der Waals surface area contributed by atoms with E-state index in [-0.39, 0.29) is 18.1 Å². The van der Waals surface area contributed by atoms with Crippen molar-refractivity contribution < 1.29 is 19.2 Å². The number of carboxylic acid groups (broad SMARTS) is 1. The van der Waals surface area contributed by atoms with Crippen molar-refractivity contribution in [2.24, 2.45) is 0 Å². The first-order valence-corrected chi connectivity index (χ1v) is 8.51. The number of carbonyl (C=O) groups excluding carboxylic acids is 1. The fraction of sp³-hybridized carbons (Fsp3) is 0.421. The van der Waals surface area contributed by atoms with E-state index in [0.717, 1.165) is 29.7 Å². The van der Waals surface area contributed by atoms with Gasteiger partial charge >= 0.3 is 5.97 Å². The number of amides is 1. The number of carboxylic acids is 1. The number of benzene rings is 1. The average Bonchev–Trinajstić information content (AvgIpc) is 3.05. The monoisotopic (exact) mass is 344 g/mol. The molecule has 2 aromatic rings. The SMILES string of the molecule is CCC(CC)c1cc(C(=O)NC(CC(=O)O)c2ccccc2C)on1. The lowest BCUT2D eigenvalue weighted by Crippen LogP contribution is -2.30. The van der Waals surface area contributed by atoms with Crippen molar-refractivity contribution in [3.8, 4) is 0 Å². The molecule has 1 atom stereocenters. The Kier molecular flexibility index (Phi) is 6.33. The highest BCUT2D eigenvalue weighted by molar-refractivity contribution is 5.92. The minimum absolute atomic E-state index is 0.103. The Bertz CT molecular complexity index is 735. The van der Waals surface area contributed by atoms with Crippen LogP contribution in [0.1, 0.15) is 72.4 Å². The summed E-state index contributed by atoms with van der Waals surface area (Å²) < 4.78 is 5.17. The molecule has 2 N–H and O–H groups in total. The fourth-order valence-electron chi connectivity index (χ4n) is 2.92. The topological polar surface area (TPSA) is 92.4 Å². The highest BCUT2D eigenvalue weighted by Crippen LogP contribution is 2.24. The first-order chi connectivity index (χ1) is 12.0. The first kappa shape index (κ1) is 18.7. The molecule has 0 fully saturated rings. The van der Waals surface area contributed by atoms with Gasteiger partial charge in [-0.05, 0) is 30.9 Å². The molecule has 6 nitrogen and oxygen atoms in total. The van der Waals surface area contributed by atoms with E-state index >= 15 is 0 Å². The van der Waals surface area contributed by atoms with Gasteiger partial charge in [-0.2, -0.15) is 0 Å². The number of hydrogen-bond donors (Lipinski definition) is 2. The number of rotatable bonds is 8. The predicted molar refractivity (Wildman–Crippen MR) is 93.5 cm³/mol. The lowest BCUT2D eigenvalue weighted by Gasteiger charge is -2.18. The third-order valence-corrected chi connectivity index (χ3v) is 4.40. The molecule has 134 valence electrons. The van der Waals surface area contributed by atoms with Crippen LogP contribution in [0, 0.1) is 6.92 Å². The molecule has 0 aliphatic carbocycles. The number of aryl methyl sites for hydroxylation is 1. The van der Waals surface area contributed by atoms with Gasteiger partial charge in [-0.3, -0.25) is 9.59 Å². The van der Waals surface area contributed by atoms with E-state index in [1.165, 1.54) is 0 Å². The standard InChI is InChI=1S/C19H24N2O4/c1-4-13(5-2)15-10-17(25-21-15)19(24)20-16(11-18(22)23)14-9-7-6-8-12(14)3/h6-10,13,16H,4-5,11H2,1-3H3,(H,20,24)(H,22,23). The maximum atomic E-state index is 12.5. The van der Waals surface area contributed by atoms with Crippen molar-refractivity contribution in [3.63, 3.8) is 0 Å². The lowest BCUT2D eigenvalue weighted by atomic mass is 9.98. The van der Waals surface area contributed by atoms with E-state index in [0.29, 0.717) is 0 Å². The Hall–Kier alpha value is -2.63. The Morgan fingerprint density at radius 2 is 1.92 bits per heavy atom. The van der Waals surface area contributed by atoms with Crippen LogP contribution in [0.2, 0.25) is 0 Å². The van der Waals surface area contributed by atoms with E-state index in [4.69, 9.17) is 4.52 Å². The third kappa shape index (κ3) is 4.68. The Morgan fingerprint density at radius 3 is 2.52 bits per heavy atom. The van der Waals surface area contributed by atoms with Crippen molar-refractivity contribution in [1.29, 1.82) is 0 Å². The Balaban J connectivity index is 2.20. The van der Waals surface area contributed by atoms with Crippen LogP contribution in [0.3, 0.4) is 0 Å². The van der Waals surface area contributed by atoms with E-state index in [9.17, 15) is 14.7 Å². The number of aliphatic carboxylic acids is 1. The van der Waals surface area contributed by atoms with Crippen LogP contribution in [-0.4, -0.2) is 22.1 Å². The van der Waals surface area contributed by atoms with Crippen molar-refractivity contribution in [2.45, 2.75) is 52.0 Å². The van der Waals surface area contributed by atoms with Crippen LogP contribution in [0.5, 0.6) is 0 Å². The molecular weight excluding hydrogens is 320 g/mol. The summed E-state index contributed by atoms with van der Waals surface area (Å²) in [6.45, 7) is 6.00. The van der Waals surface area contributed by atoms with Crippen LogP contribution >= 0.6 is 0 Å². The summed E-state index contributed by atoms with van der Waals surface area (Å²) in [6.07, 6.45) is 1.62. The van der Waals surface area contributed by atoms with Crippen LogP contribution in [-0.2, 0) is 4.79 Å². The molecule has 2 rings (SSSR count). The van der Waals surface area contributed by atoms with Gasteiger partial charge in [-0.1, -0.05) is 43.3 Å². The van der Waals surface area contributed by atoms with Crippen molar-refractivity contribution in [2.75, 3.05) is 0 Å². The maximum absolute atomic E-state index is 12.5. The number of carbonyl (C=O) groups is 2. The predicted octanol–water partition coefficient (Wildman–Crippen LogP) is 3.83. The molecule has 1 aromatic carbocycles. The van der Waals surface area contributed by atoms with Crippen molar-refractivity contribution >= 4 is 11.9 Å². The van der Waals surface area contributed by atoms with Crippen molar-refractivity contribution in [3.05, 3.63) is 52.9 Å². The zero-order valence-electron chi connectivity index (χ0n) is 14.8. The second-order valence-electron chi connectivity index (χ2n) is 6.11. The number of aromatic nitrogens is 1. The van der Waals surface area contributed by atoms with Gasteiger partial charge in [0.15, 0.2) is 0 Å². The molecule has 0 spiro atoms. The minimum atomic E-state index is -0.983. The average molecular weight is 344 g/mol. The molecular formula is C19H24N2O4. The third-order valence-electron chi connectivity index (χ3n) is 4.40. The summed E-state index contributed by atoms with van der Waals surface area (Å²) in [6, 6.07) is 8.41. The molecule has 1 unspecified atom stereocenters. The van der Waals surface area contributed by atoms with Gasteiger partial charge < -0.3 is 14.9 Å². The Morgan fingerprint density at radius 1 is 1.24 bits per heavy atom. The van der Waals surface area contributed by atoms with Gasteiger partial charge in [0.2, 0.25) is 5.76 Å². The van der Waals surface area contributed by atoms with E-state index in [2.05, 4.69) is 24.3 Å². The van der Waals surface area contributed by atoms with Crippen LogP contribution in [0.25, 0.3) is 0 Å². The summed E-state index contributed by atoms with van der Waals surface area (Å²) >= 11 is 0. The number of nitrogens with one attached hydrogen (secondary N) is 1. The molecule has 1 aromatic heterocycles. The fourth-order valence-corrected chi connectivity index (χ4v) is 2.92. The van der Waals surface area contributed by atoms with Crippen LogP contribution in [0.4, 0.5) is 0 Å². The molecule has 0 saturated heterocycles. The van der Waals surface area contributed by atoms with Gasteiger partial charge in [0.05, 0.1) is 18.2 Å². The zero-order chi connectivity index (χ0) is 18.4. The second kappa shape index (κ2) is 8.46. The first-order valence-electron chi connectivity index (χ1n) is 8.51. The molecule has 0 bridgehead atoms. The number of nitrogens with zero attached hydrogens (tertiary/aromatic N) is 1. The van der Waals surface area contributed by atoms with Crippen molar-refractivity contribution in [1.82, 2.24) is 10.5 Å². The molecule has 0 aliphatic heterocycles. The largest absolute Gasteiger partial charge is 0.481 e. The molecule has 0 aliphatic rings. The lowest BCUT2D eigenvalue weighted by molar-refractivity contribution is -0.137. The highest BCUT2D eigenvalue weighted by atomic mass is 16.5. The van der Waals surface area contributed by atoms with E-state index in [1.54, 1.807) is 6.07 Å². The summed E-state index contributed by atoms with van der Waals surface area (Å²) in [7, 11) is 0. The summed E-state index contributed by atoms with van der Waals surface area (Å²) in [5.41, 5.74) is 2.45. The van der Waals surface area contributed by atoms with Gasteiger partial charge in [-0.25, -0.2) is 0 Å². The van der Waals surface area contributed by atoms with Gasteiger partial charge in [0.1, 0.15) is 0 Å². The summed E-state index contributed by atoms with van der Waals surface area (Å²) in [4.78, 5) is 23.7. The van der Waals surface area contributed by atoms with Gasteiger partial charge in [0.25, 0.3) is 5.91 Å².